The van der Waals surface area contributed by atoms with Crippen molar-refractivity contribution in [3.8, 4) is 0 Å². The second-order valence-electron chi connectivity index (χ2n) is 4.96. The number of hydrogen-bond acceptors (Lipinski definition) is 5. The molecule has 1 aliphatic carbocycles. The summed E-state index contributed by atoms with van der Waals surface area (Å²) in [6.45, 7) is 3.14. The van der Waals surface area contributed by atoms with Crippen LogP contribution in [0.5, 0.6) is 0 Å². The summed E-state index contributed by atoms with van der Waals surface area (Å²) in [7, 11) is 1.28. The first-order valence-corrected chi connectivity index (χ1v) is 5.81. The van der Waals surface area contributed by atoms with Gasteiger partial charge in [-0.25, -0.2) is 4.79 Å². The third-order valence-corrected chi connectivity index (χ3v) is 2.86. The summed E-state index contributed by atoms with van der Waals surface area (Å²) in [5.74, 6) is 0.173. The Balaban J connectivity index is 2.04. The summed E-state index contributed by atoms with van der Waals surface area (Å²) >= 11 is 0. The van der Waals surface area contributed by atoms with Gasteiger partial charge in [-0.2, -0.15) is 0 Å². The second kappa shape index (κ2) is 4.44. The fraction of sp³-hybridized carbons (Fsp3) is 0.583. The van der Waals surface area contributed by atoms with Gasteiger partial charge in [0.15, 0.2) is 5.69 Å². The molecule has 1 fully saturated rings. The van der Waals surface area contributed by atoms with Crippen LogP contribution < -0.4 is 5.32 Å². The minimum absolute atomic E-state index is 0.189. The van der Waals surface area contributed by atoms with E-state index < -0.39 is 17.4 Å². The number of aromatic nitrogens is 1. The van der Waals surface area contributed by atoms with Gasteiger partial charge in [-0.05, 0) is 26.7 Å². The van der Waals surface area contributed by atoms with Crippen LogP contribution >= 0.6 is 0 Å². The van der Waals surface area contributed by atoms with Gasteiger partial charge in [-0.1, -0.05) is 5.16 Å². The van der Waals surface area contributed by atoms with Gasteiger partial charge in [0.2, 0.25) is 0 Å². The van der Waals surface area contributed by atoms with Crippen LogP contribution in [-0.2, 0) is 9.53 Å². The van der Waals surface area contributed by atoms with Gasteiger partial charge in [0.1, 0.15) is 11.3 Å². The lowest BCUT2D eigenvalue weighted by atomic mass is 10.1. The van der Waals surface area contributed by atoms with Crippen LogP contribution in [0.1, 0.15) is 48.9 Å². The van der Waals surface area contributed by atoms with E-state index in [9.17, 15) is 9.59 Å². The monoisotopic (exact) mass is 252 g/mol. The Morgan fingerprint density at radius 3 is 2.72 bits per heavy atom. The number of ether oxygens (including phenoxy) is 1. The first kappa shape index (κ1) is 12.6. The molecule has 98 valence electrons. The molecule has 6 heteroatoms. The molecule has 6 nitrogen and oxygen atoms in total. The smallest absolute Gasteiger partial charge is 0.330 e. The number of carbonyl (C=O) groups is 2. The zero-order valence-electron chi connectivity index (χ0n) is 10.6. The number of carbonyl (C=O) groups excluding carboxylic acids is 2. The van der Waals surface area contributed by atoms with Crippen LogP contribution in [0, 0.1) is 0 Å². The number of nitrogens with one attached hydrogen (secondary N) is 1. The molecule has 0 saturated heterocycles. The standard InChI is InChI=1S/C12H16N2O4/c1-12(2,11(16)17-3)13-10(15)8-6-9(18-14-8)7-4-5-7/h6-7H,4-5H2,1-3H3,(H,13,15). The van der Waals surface area contributed by atoms with Gasteiger partial charge in [0.25, 0.3) is 5.91 Å². The molecule has 1 aromatic rings. The number of nitrogens with zero attached hydrogens (tertiary/aromatic N) is 1. The molecule has 1 N–H and O–H groups in total. The van der Waals surface area contributed by atoms with Crippen molar-refractivity contribution in [2.75, 3.05) is 7.11 Å². The van der Waals surface area contributed by atoms with E-state index in [1.54, 1.807) is 19.9 Å². The lowest BCUT2D eigenvalue weighted by molar-refractivity contribution is -0.146. The van der Waals surface area contributed by atoms with Crippen LogP contribution in [0.4, 0.5) is 0 Å². The summed E-state index contributed by atoms with van der Waals surface area (Å²) in [6.07, 6.45) is 2.15. The van der Waals surface area contributed by atoms with Crippen LogP contribution in [0.2, 0.25) is 0 Å². The molecule has 0 radical (unpaired) electrons. The Kier molecular flexibility index (Phi) is 3.11. The highest BCUT2D eigenvalue weighted by Gasteiger charge is 2.33. The highest BCUT2D eigenvalue weighted by Crippen LogP contribution is 2.40. The Hall–Kier alpha value is -1.85. The largest absolute Gasteiger partial charge is 0.467 e. The van der Waals surface area contributed by atoms with Gasteiger partial charge >= 0.3 is 5.97 Å². The van der Waals surface area contributed by atoms with E-state index in [0.29, 0.717) is 5.92 Å². The molecule has 0 spiro atoms. The molecule has 0 aromatic carbocycles. The molecule has 1 aliphatic rings. The van der Waals surface area contributed by atoms with Gasteiger partial charge in [0, 0.05) is 12.0 Å². The number of esters is 1. The van der Waals surface area contributed by atoms with Crippen molar-refractivity contribution < 1.29 is 18.8 Å². The maximum Gasteiger partial charge on any atom is 0.330 e. The molecule has 1 heterocycles. The molecule has 0 bridgehead atoms. The van der Waals surface area contributed by atoms with E-state index in [1.165, 1.54) is 7.11 Å². The summed E-state index contributed by atoms with van der Waals surface area (Å²) in [5, 5.41) is 6.27. The summed E-state index contributed by atoms with van der Waals surface area (Å²) < 4.78 is 9.69. The molecular formula is C12H16N2O4. The van der Waals surface area contributed by atoms with E-state index in [0.717, 1.165) is 18.6 Å². The maximum absolute atomic E-state index is 11.9. The molecule has 0 aliphatic heterocycles. The lowest BCUT2D eigenvalue weighted by Crippen LogP contribution is -2.50. The minimum atomic E-state index is -1.09. The van der Waals surface area contributed by atoms with Crippen molar-refractivity contribution >= 4 is 11.9 Å². The SMILES string of the molecule is COC(=O)C(C)(C)NC(=O)c1cc(C2CC2)on1. The molecule has 1 aromatic heterocycles. The van der Waals surface area contributed by atoms with Crippen molar-refractivity contribution in [2.24, 2.45) is 0 Å². The fourth-order valence-electron chi connectivity index (χ4n) is 1.61. The van der Waals surface area contributed by atoms with Crippen molar-refractivity contribution in [3.05, 3.63) is 17.5 Å². The summed E-state index contributed by atoms with van der Waals surface area (Å²) in [4.78, 5) is 23.3. The van der Waals surface area contributed by atoms with Gasteiger partial charge in [-0.15, -0.1) is 0 Å². The molecule has 18 heavy (non-hydrogen) atoms. The van der Waals surface area contributed by atoms with Gasteiger partial charge in [0.05, 0.1) is 7.11 Å². The Labute approximate surface area is 105 Å². The third-order valence-electron chi connectivity index (χ3n) is 2.86. The Morgan fingerprint density at radius 1 is 1.50 bits per heavy atom. The predicted octanol–water partition coefficient (Wildman–Crippen LogP) is 1.23. The Bertz CT molecular complexity index is 474. The lowest BCUT2D eigenvalue weighted by Gasteiger charge is -2.22. The second-order valence-corrected chi connectivity index (χ2v) is 4.96. The zero-order chi connectivity index (χ0) is 13.3. The zero-order valence-corrected chi connectivity index (χ0v) is 10.6. The van der Waals surface area contributed by atoms with Crippen molar-refractivity contribution in [3.63, 3.8) is 0 Å². The van der Waals surface area contributed by atoms with Crippen molar-refractivity contribution in [1.29, 1.82) is 0 Å². The van der Waals surface area contributed by atoms with Gasteiger partial charge < -0.3 is 14.6 Å². The van der Waals surface area contributed by atoms with Crippen LogP contribution in [0.15, 0.2) is 10.6 Å². The van der Waals surface area contributed by atoms with Gasteiger partial charge in [-0.3, -0.25) is 4.79 Å². The number of amides is 1. The van der Waals surface area contributed by atoms with Crippen molar-refractivity contribution in [1.82, 2.24) is 10.5 Å². The summed E-state index contributed by atoms with van der Waals surface area (Å²) in [5.41, 5.74) is -0.904. The van der Waals surface area contributed by atoms with Crippen molar-refractivity contribution in [2.45, 2.75) is 38.1 Å². The molecule has 0 atom stereocenters. The number of methoxy groups -OCH3 is 1. The van der Waals surface area contributed by atoms with Crippen LogP contribution in [0.25, 0.3) is 0 Å². The molecule has 1 amide bonds. The average Bonchev–Trinajstić information content (AvgIpc) is 3.05. The first-order valence-electron chi connectivity index (χ1n) is 5.81. The van der Waals surface area contributed by atoms with Crippen LogP contribution in [0.3, 0.4) is 0 Å². The quantitative estimate of drug-likeness (QED) is 0.815. The van der Waals surface area contributed by atoms with E-state index in [2.05, 4.69) is 15.2 Å². The number of hydrogen-bond donors (Lipinski definition) is 1. The minimum Gasteiger partial charge on any atom is -0.467 e. The van der Waals surface area contributed by atoms with E-state index in [1.807, 2.05) is 0 Å². The normalized spacial score (nSPS) is 15.3. The first-order chi connectivity index (χ1) is 8.44. The Morgan fingerprint density at radius 2 is 2.17 bits per heavy atom. The predicted molar refractivity (Wildman–Crippen MR) is 62.0 cm³/mol. The average molecular weight is 252 g/mol. The van der Waals surface area contributed by atoms with E-state index >= 15 is 0 Å². The topological polar surface area (TPSA) is 81.4 Å². The third kappa shape index (κ3) is 2.52. The highest BCUT2D eigenvalue weighted by molar-refractivity contribution is 5.96. The highest BCUT2D eigenvalue weighted by atomic mass is 16.5. The molecule has 1 saturated carbocycles. The molecule has 0 unspecified atom stereocenters. The fourth-order valence-corrected chi connectivity index (χ4v) is 1.61. The summed E-state index contributed by atoms with van der Waals surface area (Å²) in [6, 6.07) is 1.63. The molecular weight excluding hydrogens is 236 g/mol. The number of rotatable bonds is 4. The molecule has 2 rings (SSSR count). The van der Waals surface area contributed by atoms with E-state index in [-0.39, 0.29) is 5.69 Å². The van der Waals surface area contributed by atoms with Crippen LogP contribution in [-0.4, -0.2) is 29.7 Å². The van der Waals surface area contributed by atoms with E-state index in [4.69, 9.17) is 4.52 Å². The maximum atomic E-state index is 11.9.